The first-order valence-electron chi connectivity index (χ1n) is 10.2. The number of nitrogens with one attached hydrogen (secondary N) is 2. The van der Waals surface area contributed by atoms with E-state index in [0.717, 1.165) is 21.9 Å². The summed E-state index contributed by atoms with van der Waals surface area (Å²) in [6, 6.07) is 32.1. The average Bonchev–Trinajstić information content (AvgIpc) is 3.17. The van der Waals surface area contributed by atoms with Gasteiger partial charge >= 0.3 is 6.03 Å². The molecule has 2 N–H and O–H groups in total. The highest BCUT2D eigenvalue weighted by atomic mass is 16.2. The van der Waals surface area contributed by atoms with Crippen molar-refractivity contribution >= 4 is 28.4 Å². The van der Waals surface area contributed by atoms with E-state index in [-0.39, 0.29) is 11.9 Å². The number of urea groups is 1. The Kier molecular flexibility index (Phi) is 4.84. The highest BCUT2D eigenvalue weighted by Crippen LogP contribution is 2.40. The molecular formula is C26H21N3O2. The predicted octanol–water partition coefficient (Wildman–Crippen LogP) is 5.24. The van der Waals surface area contributed by atoms with Gasteiger partial charge < -0.3 is 5.32 Å². The Labute approximate surface area is 180 Å². The molecule has 1 fully saturated rings. The molecule has 1 aliphatic heterocycles. The van der Waals surface area contributed by atoms with Gasteiger partial charge in [-0.1, -0.05) is 91.0 Å². The second kappa shape index (κ2) is 7.95. The Morgan fingerprint density at radius 1 is 0.742 bits per heavy atom. The Balaban J connectivity index is 1.48. The number of rotatable bonds is 3. The third-order valence-corrected chi connectivity index (χ3v) is 5.63. The molecule has 0 aliphatic carbocycles. The highest BCUT2D eigenvalue weighted by molar-refractivity contribution is 5.97. The summed E-state index contributed by atoms with van der Waals surface area (Å²) in [6.45, 7) is 0. The lowest BCUT2D eigenvalue weighted by molar-refractivity contribution is -0.121. The number of carbonyl (C=O) groups excluding carboxylic acids is 2. The monoisotopic (exact) mass is 407 g/mol. The summed E-state index contributed by atoms with van der Waals surface area (Å²) in [5.74, 6) is -0.695. The van der Waals surface area contributed by atoms with E-state index in [2.05, 4.69) is 10.7 Å². The lowest BCUT2D eigenvalue weighted by atomic mass is 9.87. The van der Waals surface area contributed by atoms with Crippen molar-refractivity contribution in [1.29, 1.82) is 0 Å². The van der Waals surface area contributed by atoms with Gasteiger partial charge in [-0.05, 0) is 34.0 Å². The van der Waals surface area contributed by atoms with Gasteiger partial charge in [0.05, 0.1) is 12.0 Å². The van der Waals surface area contributed by atoms with Crippen molar-refractivity contribution in [3.63, 3.8) is 0 Å². The number of hydrazine groups is 1. The quantitative estimate of drug-likeness (QED) is 0.488. The van der Waals surface area contributed by atoms with Crippen LogP contribution in [0.2, 0.25) is 0 Å². The van der Waals surface area contributed by atoms with E-state index in [1.165, 1.54) is 5.01 Å². The van der Waals surface area contributed by atoms with E-state index >= 15 is 0 Å². The maximum absolute atomic E-state index is 13.3. The van der Waals surface area contributed by atoms with E-state index in [1.807, 2.05) is 103 Å². The van der Waals surface area contributed by atoms with Crippen molar-refractivity contribution in [2.45, 2.75) is 12.0 Å². The molecule has 152 valence electrons. The minimum Gasteiger partial charge on any atom is -0.306 e. The summed E-state index contributed by atoms with van der Waals surface area (Å²) in [7, 11) is 0. The van der Waals surface area contributed by atoms with E-state index in [1.54, 1.807) is 0 Å². The predicted molar refractivity (Wildman–Crippen MR) is 121 cm³/mol. The Bertz CT molecular complexity index is 1240. The van der Waals surface area contributed by atoms with Crippen LogP contribution in [0.25, 0.3) is 10.8 Å². The molecule has 0 saturated carbocycles. The molecule has 5 heteroatoms. The fourth-order valence-corrected chi connectivity index (χ4v) is 4.16. The molecule has 5 rings (SSSR count). The molecule has 0 bridgehead atoms. The molecule has 4 aromatic carbocycles. The smallest absolute Gasteiger partial charge is 0.306 e. The molecule has 3 amide bonds. The zero-order valence-corrected chi connectivity index (χ0v) is 16.7. The van der Waals surface area contributed by atoms with E-state index < -0.39 is 12.0 Å². The fraction of sp³-hybridized carbons (Fsp3) is 0.0769. The second-order valence-corrected chi connectivity index (χ2v) is 7.58. The first-order chi connectivity index (χ1) is 15.2. The topological polar surface area (TPSA) is 61.4 Å². The molecule has 31 heavy (non-hydrogen) atoms. The van der Waals surface area contributed by atoms with Crippen LogP contribution < -0.4 is 10.7 Å². The van der Waals surface area contributed by atoms with Crippen molar-refractivity contribution in [2.75, 3.05) is 5.32 Å². The number of hydrogen-bond donors (Lipinski definition) is 2. The number of hydrogen-bond acceptors (Lipinski definition) is 2. The first-order valence-corrected chi connectivity index (χ1v) is 10.2. The van der Waals surface area contributed by atoms with Crippen LogP contribution in [0.1, 0.15) is 23.1 Å². The van der Waals surface area contributed by atoms with Gasteiger partial charge in [0.25, 0.3) is 0 Å². The zero-order chi connectivity index (χ0) is 21.2. The molecular weight excluding hydrogens is 386 g/mol. The number of nitrogens with zero attached hydrogens (tertiary/aromatic N) is 1. The average molecular weight is 407 g/mol. The summed E-state index contributed by atoms with van der Waals surface area (Å²) in [5, 5.41) is 6.48. The number of carbonyl (C=O) groups is 2. The lowest BCUT2D eigenvalue weighted by Crippen LogP contribution is -2.42. The summed E-state index contributed by atoms with van der Waals surface area (Å²) in [6.07, 6.45) is 0. The third kappa shape index (κ3) is 3.62. The third-order valence-electron chi connectivity index (χ3n) is 5.63. The van der Waals surface area contributed by atoms with Gasteiger partial charge in [-0.25, -0.2) is 9.80 Å². The molecule has 0 aromatic heterocycles. The van der Waals surface area contributed by atoms with Crippen molar-refractivity contribution < 1.29 is 9.59 Å². The molecule has 5 nitrogen and oxygen atoms in total. The Morgan fingerprint density at radius 2 is 1.35 bits per heavy atom. The van der Waals surface area contributed by atoms with Gasteiger partial charge in [-0.2, -0.15) is 0 Å². The van der Waals surface area contributed by atoms with Gasteiger partial charge in [0, 0.05) is 5.69 Å². The summed E-state index contributed by atoms with van der Waals surface area (Å²) in [5.41, 5.74) is 5.23. The van der Waals surface area contributed by atoms with Gasteiger partial charge in [-0.3, -0.25) is 10.2 Å². The molecule has 1 saturated heterocycles. The second-order valence-electron chi connectivity index (χ2n) is 7.58. The van der Waals surface area contributed by atoms with Gasteiger partial charge in [0.15, 0.2) is 0 Å². The van der Waals surface area contributed by atoms with Crippen LogP contribution in [0.4, 0.5) is 10.5 Å². The number of anilines is 1. The normalized spacial score (nSPS) is 18.1. The molecule has 0 radical (unpaired) electrons. The molecule has 1 aliphatic rings. The number of amides is 3. The van der Waals surface area contributed by atoms with Crippen LogP contribution in [-0.2, 0) is 4.79 Å². The SMILES string of the molecule is O=C1NN(C(=O)Nc2ccc3ccccc3c2)C(c2ccccc2)C1c1ccccc1. The molecule has 0 spiro atoms. The number of benzene rings is 4. The van der Waals surface area contributed by atoms with Crippen molar-refractivity contribution in [3.8, 4) is 0 Å². The number of fused-ring (bicyclic) bond motifs is 1. The molecule has 4 aromatic rings. The minimum atomic E-state index is -0.494. The minimum absolute atomic E-state index is 0.200. The lowest BCUT2D eigenvalue weighted by Gasteiger charge is -2.26. The van der Waals surface area contributed by atoms with E-state index in [9.17, 15) is 9.59 Å². The fourth-order valence-electron chi connectivity index (χ4n) is 4.16. The standard InChI is InChI=1S/C26H21N3O2/c30-25-23(19-10-3-1-4-11-19)24(20-12-5-2-6-13-20)29(28-25)26(31)27-22-16-15-18-9-7-8-14-21(18)17-22/h1-17,23-24H,(H,27,31)(H,28,30). The van der Waals surface area contributed by atoms with Crippen molar-refractivity contribution in [1.82, 2.24) is 10.4 Å². The van der Waals surface area contributed by atoms with Gasteiger partial charge in [0.1, 0.15) is 0 Å². The zero-order valence-electron chi connectivity index (χ0n) is 16.7. The van der Waals surface area contributed by atoms with Crippen LogP contribution in [0.15, 0.2) is 103 Å². The van der Waals surface area contributed by atoms with Crippen LogP contribution in [-0.4, -0.2) is 16.9 Å². The maximum Gasteiger partial charge on any atom is 0.341 e. The summed E-state index contributed by atoms with van der Waals surface area (Å²) < 4.78 is 0. The first kappa shape index (κ1) is 18.9. The van der Waals surface area contributed by atoms with Gasteiger partial charge in [0.2, 0.25) is 5.91 Å². The Morgan fingerprint density at radius 3 is 2.06 bits per heavy atom. The van der Waals surface area contributed by atoms with Crippen molar-refractivity contribution in [3.05, 3.63) is 114 Å². The largest absolute Gasteiger partial charge is 0.341 e. The Hall–Kier alpha value is -4.12. The molecule has 2 atom stereocenters. The van der Waals surface area contributed by atoms with Crippen LogP contribution >= 0.6 is 0 Å². The molecule has 2 unspecified atom stereocenters. The van der Waals surface area contributed by atoms with Crippen LogP contribution in [0.5, 0.6) is 0 Å². The van der Waals surface area contributed by atoms with Crippen LogP contribution in [0, 0.1) is 0 Å². The maximum atomic E-state index is 13.3. The van der Waals surface area contributed by atoms with Gasteiger partial charge in [-0.15, -0.1) is 0 Å². The van der Waals surface area contributed by atoms with Crippen molar-refractivity contribution in [2.24, 2.45) is 0 Å². The highest BCUT2D eigenvalue weighted by Gasteiger charge is 2.45. The van der Waals surface area contributed by atoms with E-state index in [4.69, 9.17) is 0 Å². The van der Waals surface area contributed by atoms with Crippen LogP contribution in [0.3, 0.4) is 0 Å². The molecule has 1 heterocycles. The summed E-state index contributed by atoms with van der Waals surface area (Å²) in [4.78, 5) is 26.2. The van der Waals surface area contributed by atoms with E-state index in [0.29, 0.717) is 5.69 Å². The summed E-state index contributed by atoms with van der Waals surface area (Å²) >= 11 is 0.